The summed E-state index contributed by atoms with van der Waals surface area (Å²) in [7, 11) is 0. The highest BCUT2D eigenvalue weighted by Crippen LogP contribution is 2.31. The Morgan fingerprint density at radius 2 is 1.70 bits per heavy atom. The molecule has 1 aliphatic heterocycles. The van der Waals surface area contributed by atoms with Gasteiger partial charge < -0.3 is 20.5 Å². The van der Waals surface area contributed by atoms with Gasteiger partial charge in [-0.1, -0.05) is 18.2 Å². The van der Waals surface area contributed by atoms with E-state index < -0.39 is 12.0 Å². The van der Waals surface area contributed by atoms with Gasteiger partial charge in [0.15, 0.2) is 0 Å². The van der Waals surface area contributed by atoms with Crippen molar-refractivity contribution in [2.45, 2.75) is 12.3 Å². The minimum Gasteiger partial charge on any atom is -0.465 e. The van der Waals surface area contributed by atoms with Gasteiger partial charge in [0, 0.05) is 30.3 Å². The van der Waals surface area contributed by atoms with Crippen molar-refractivity contribution in [1.29, 1.82) is 0 Å². The summed E-state index contributed by atoms with van der Waals surface area (Å²) in [5.41, 5.74) is 7.86. The Morgan fingerprint density at radius 3 is 2.33 bits per heavy atom. The number of pyridine rings is 1. The molecule has 2 amide bonds. The molecule has 1 saturated heterocycles. The van der Waals surface area contributed by atoms with E-state index in [1.54, 1.807) is 12.1 Å². The molecule has 152 valence electrons. The molecular formula is C23H21N3O4. The van der Waals surface area contributed by atoms with Gasteiger partial charge in [-0.15, -0.1) is 0 Å². The topological polar surface area (TPSA) is 106 Å². The fraction of sp³-hybridized carbons (Fsp3) is 0.174. The fourth-order valence-corrected chi connectivity index (χ4v) is 3.60. The van der Waals surface area contributed by atoms with Gasteiger partial charge >= 0.3 is 6.09 Å². The highest BCUT2D eigenvalue weighted by Gasteiger charge is 2.28. The van der Waals surface area contributed by atoms with Crippen LogP contribution in [0.15, 0.2) is 66.7 Å². The summed E-state index contributed by atoms with van der Waals surface area (Å²) >= 11 is 0. The maximum atomic E-state index is 11.9. The van der Waals surface area contributed by atoms with E-state index in [0.717, 1.165) is 17.0 Å². The first-order valence-corrected chi connectivity index (χ1v) is 9.63. The van der Waals surface area contributed by atoms with Crippen LogP contribution in [0.25, 0.3) is 11.3 Å². The molecule has 0 aliphatic carbocycles. The molecule has 3 aromatic rings. The van der Waals surface area contributed by atoms with E-state index in [4.69, 9.17) is 15.5 Å². The molecule has 1 fully saturated rings. The molecule has 2 heterocycles. The van der Waals surface area contributed by atoms with Crippen LogP contribution in [0, 0.1) is 0 Å². The molecule has 1 aromatic heterocycles. The Labute approximate surface area is 173 Å². The molecular weight excluding hydrogens is 382 g/mol. The Hall–Kier alpha value is -3.87. The van der Waals surface area contributed by atoms with Crippen LogP contribution >= 0.6 is 0 Å². The van der Waals surface area contributed by atoms with Gasteiger partial charge in [0.1, 0.15) is 11.5 Å². The number of ether oxygens (including phenoxy) is 1. The smallest absolute Gasteiger partial charge is 0.407 e. The molecule has 2 aromatic carbocycles. The summed E-state index contributed by atoms with van der Waals surface area (Å²) in [6.45, 7) is 0.863. The second kappa shape index (κ2) is 8.24. The van der Waals surface area contributed by atoms with Crippen molar-refractivity contribution < 1.29 is 19.4 Å². The van der Waals surface area contributed by atoms with Crippen LogP contribution in [0.2, 0.25) is 0 Å². The average Bonchev–Trinajstić information content (AvgIpc) is 3.25. The molecule has 1 aliphatic rings. The summed E-state index contributed by atoms with van der Waals surface area (Å²) in [6.07, 6.45) is -0.237. The van der Waals surface area contributed by atoms with Gasteiger partial charge in [-0.25, -0.2) is 4.79 Å². The van der Waals surface area contributed by atoms with Crippen LogP contribution in [0.3, 0.4) is 0 Å². The summed E-state index contributed by atoms with van der Waals surface area (Å²) < 4.78 is 5.81. The van der Waals surface area contributed by atoms with Gasteiger partial charge in [0.2, 0.25) is 0 Å². The van der Waals surface area contributed by atoms with Gasteiger partial charge in [-0.3, -0.25) is 9.78 Å². The second-order valence-corrected chi connectivity index (χ2v) is 7.15. The molecule has 7 heteroatoms. The van der Waals surface area contributed by atoms with Crippen LogP contribution in [0.1, 0.15) is 28.4 Å². The first-order valence-electron chi connectivity index (χ1n) is 9.63. The monoisotopic (exact) mass is 403 g/mol. The third-order valence-electron chi connectivity index (χ3n) is 5.17. The van der Waals surface area contributed by atoms with Crippen molar-refractivity contribution in [3.8, 4) is 22.8 Å². The van der Waals surface area contributed by atoms with Gasteiger partial charge in [0.25, 0.3) is 5.91 Å². The van der Waals surface area contributed by atoms with E-state index in [1.165, 1.54) is 4.90 Å². The second-order valence-electron chi connectivity index (χ2n) is 7.15. The third kappa shape index (κ3) is 4.10. The van der Waals surface area contributed by atoms with Crippen LogP contribution in [0.4, 0.5) is 4.79 Å². The van der Waals surface area contributed by atoms with Gasteiger partial charge in [-0.2, -0.15) is 0 Å². The molecule has 30 heavy (non-hydrogen) atoms. The van der Waals surface area contributed by atoms with Crippen molar-refractivity contribution in [2.75, 3.05) is 13.1 Å². The predicted octanol–water partition coefficient (Wildman–Crippen LogP) is 4.11. The van der Waals surface area contributed by atoms with Crippen LogP contribution < -0.4 is 10.5 Å². The molecule has 7 nitrogen and oxygen atoms in total. The molecule has 0 saturated carbocycles. The lowest BCUT2D eigenvalue weighted by atomic mass is 9.99. The molecule has 0 radical (unpaired) electrons. The van der Waals surface area contributed by atoms with E-state index in [9.17, 15) is 14.7 Å². The number of carbonyl (C=O) groups excluding carboxylic acids is 1. The van der Waals surface area contributed by atoms with Gasteiger partial charge in [0.05, 0.1) is 11.3 Å². The number of amides is 2. The molecule has 0 bridgehead atoms. The van der Waals surface area contributed by atoms with Crippen molar-refractivity contribution in [1.82, 2.24) is 9.88 Å². The van der Waals surface area contributed by atoms with Crippen LogP contribution in [-0.2, 0) is 0 Å². The fourth-order valence-electron chi connectivity index (χ4n) is 3.60. The predicted molar refractivity (Wildman–Crippen MR) is 112 cm³/mol. The van der Waals surface area contributed by atoms with E-state index in [1.807, 2.05) is 54.6 Å². The van der Waals surface area contributed by atoms with Crippen molar-refractivity contribution >= 4 is 12.0 Å². The SMILES string of the molecule is NC(=O)c1ccc(C2CCN(C(=O)O)C2)nc1-c1ccc(Oc2ccccc2)cc1. The highest BCUT2D eigenvalue weighted by atomic mass is 16.5. The first-order chi connectivity index (χ1) is 14.5. The Bertz CT molecular complexity index is 1070. The number of nitrogens with two attached hydrogens (primary N) is 1. The van der Waals surface area contributed by atoms with E-state index >= 15 is 0 Å². The minimum absolute atomic E-state index is 0.0116. The molecule has 3 N–H and O–H groups in total. The molecule has 0 spiro atoms. The number of para-hydroxylation sites is 1. The zero-order chi connectivity index (χ0) is 21.1. The highest BCUT2D eigenvalue weighted by molar-refractivity contribution is 5.98. The number of primary amides is 1. The zero-order valence-electron chi connectivity index (χ0n) is 16.2. The number of hydrogen-bond donors (Lipinski definition) is 2. The summed E-state index contributed by atoms with van der Waals surface area (Å²) in [6, 6.07) is 20.1. The largest absolute Gasteiger partial charge is 0.465 e. The van der Waals surface area contributed by atoms with Gasteiger partial charge in [-0.05, 0) is 55.0 Å². The number of benzene rings is 2. The lowest BCUT2D eigenvalue weighted by Gasteiger charge is -2.14. The lowest BCUT2D eigenvalue weighted by Crippen LogP contribution is -2.26. The summed E-state index contributed by atoms with van der Waals surface area (Å²) in [4.78, 5) is 29.2. The van der Waals surface area contributed by atoms with Crippen LogP contribution in [-0.4, -0.2) is 40.1 Å². The van der Waals surface area contributed by atoms with E-state index in [-0.39, 0.29) is 5.92 Å². The quantitative estimate of drug-likeness (QED) is 0.667. The number of nitrogens with zero attached hydrogens (tertiary/aromatic N) is 2. The number of rotatable bonds is 5. The first kappa shape index (κ1) is 19.4. The molecule has 1 unspecified atom stereocenters. The summed E-state index contributed by atoms with van der Waals surface area (Å²) in [5, 5.41) is 9.19. The third-order valence-corrected chi connectivity index (χ3v) is 5.17. The number of likely N-dealkylation sites (tertiary alicyclic amines) is 1. The van der Waals surface area contributed by atoms with Crippen molar-refractivity contribution in [3.63, 3.8) is 0 Å². The number of hydrogen-bond acceptors (Lipinski definition) is 4. The lowest BCUT2D eigenvalue weighted by molar-refractivity contribution is 0.100. The zero-order valence-corrected chi connectivity index (χ0v) is 16.2. The van der Waals surface area contributed by atoms with E-state index in [2.05, 4.69) is 0 Å². The Balaban J connectivity index is 1.62. The Morgan fingerprint density at radius 1 is 1.00 bits per heavy atom. The average molecular weight is 403 g/mol. The normalized spacial score (nSPS) is 15.7. The van der Waals surface area contributed by atoms with Crippen LogP contribution in [0.5, 0.6) is 11.5 Å². The van der Waals surface area contributed by atoms with Crippen molar-refractivity contribution in [3.05, 3.63) is 78.0 Å². The molecule has 1 atom stereocenters. The minimum atomic E-state index is -0.930. The van der Waals surface area contributed by atoms with E-state index in [0.29, 0.717) is 36.5 Å². The number of aromatic nitrogens is 1. The maximum Gasteiger partial charge on any atom is 0.407 e. The summed E-state index contributed by atoms with van der Waals surface area (Å²) in [5.74, 6) is 0.816. The maximum absolute atomic E-state index is 11.9. The number of carboxylic acid groups (broad SMARTS) is 1. The van der Waals surface area contributed by atoms with Crippen molar-refractivity contribution in [2.24, 2.45) is 5.73 Å². The Kier molecular flexibility index (Phi) is 5.34. The molecule has 4 rings (SSSR count). The number of carbonyl (C=O) groups is 2. The standard InChI is InChI=1S/C23H21N3O4/c24-22(27)19-10-11-20(16-12-13-26(14-16)23(28)29)25-21(19)15-6-8-18(9-7-15)30-17-4-2-1-3-5-17/h1-11,16H,12-14H2,(H2,24,27)(H,28,29).